The Balaban J connectivity index is 1.75. The molecule has 0 saturated carbocycles. The van der Waals surface area contributed by atoms with Crippen LogP contribution >= 0.6 is 0 Å². The van der Waals surface area contributed by atoms with Crippen LogP contribution in [0.1, 0.15) is 51.3 Å². The quantitative estimate of drug-likeness (QED) is 0.444. The van der Waals surface area contributed by atoms with Gasteiger partial charge < -0.3 is 19.2 Å². The summed E-state index contributed by atoms with van der Waals surface area (Å²) in [7, 11) is 0. The third-order valence-electron chi connectivity index (χ3n) is 6.38. The normalized spacial score (nSPS) is 15.1. The fourth-order valence-corrected chi connectivity index (χ4v) is 4.54. The number of hydrogen-bond donors (Lipinski definition) is 1. The molecule has 1 aromatic heterocycles. The molecule has 4 aromatic rings. The lowest BCUT2D eigenvalue weighted by molar-refractivity contribution is 0.0714. The minimum atomic E-state index is -0.676. The number of benzene rings is 3. The molecule has 6 heteroatoms. The fraction of sp³-hybridized carbons (Fsp3) is 0.214. The Bertz CT molecular complexity index is 1470. The first-order chi connectivity index (χ1) is 16.4. The molecule has 2 heterocycles. The van der Waals surface area contributed by atoms with Crippen molar-refractivity contribution in [3.63, 3.8) is 0 Å². The molecular weight excluding hydrogens is 430 g/mol. The van der Waals surface area contributed by atoms with Gasteiger partial charge in [-0.2, -0.15) is 0 Å². The van der Waals surface area contributed by atoms with Gasteiger partial charge in [0, 0.05) is 6.54 Å². The van der Waals surface area contributed by atoms with Gasteiger partial charge in [-0.15, -0.1) is 0 Å². The SMILES string of the molecule is CCOc1cc(C2c3c(oc4cc(C)c(C)cc4c3=O)C(=O)N2Cc2ccccc2)ccc1O. The maximum Gasteiger partial charge on any atom is 0.291 e. The molecule has 1 aliphatic heterocycles. The monoisotopic (exact) mass is 455 g/mol. The molecule has 6 nitrogen and oxygen atoms in total. The van der Waals surface area contributed by atoms with Gasteiger partial charge in [-0.3, -0.25) is 9.59 Å². The van der Waals surface area contributed by atoms with Gasteiger partial charge in [-0.25, -0.2) is 0 Å². The van der Waals surface area contributed by atoms with Crippen LogP contribution in [-0.4, -0.2) is 22.5 Å². The van der Waals surface area contributed by atoms with Crippen molar-refractivity contribution in [1.29, 1.82) is 0 Å². The van der Waals surface area contributed by atoms with Gasteiger partial charge in [0.1, 0.15) is 5.58 Å². The van der Waals surface area contributed by atoms with Crippen LogP contribution in [-0.2, 0) is 6.54 Å². The summed E-state index contributed by atoms with van der Waals surface area (Å²) in [5, 5.41) is 10.7. The van der Waals surface area contributed by atoms with E-state index in [1.54, 1.807) is 17.0 Å². The van der Waals surface area contributed by atoms with Crippen molar-refractivity contribution in [2.75, 3.05) is 6.61 Å². The van der Waals surface area contributed by atoms with Gasteiger partial charge in [0.05, 0.1) is 23.6 Å². The average molecular weight is 456 g/mol. The number of phenolic OH excluding ortho intramolecular Hbond substituents is 1. The summed E-state index contributed by atoms with van der Waals surface area (Å²) in [6, 6.07) is 17.5. The summed E-state index contributed by atoms with van der Waals surface area (Å²) >= 11 is 0. The second-order valence-corrected chi connectivity index (χ2v) is 8.59. The smallest absolute Gasteiger partial charge is 0.291 e. The van der Waals surface area contributed by atoms with Crippen LogP contribution in [0.15, 0.2) is 69.9 Å². The minimum absolute atomic E-state index is 0.00130. The number of aromatic hydroxyl groups is 1. The molecule has 0 spiro atoms. The maximum absolute atomic E-state index is 13.8. The second kappa shape index (κ2) is 8.37. The minimum Gasteiger partial charge on any atom is -0.504 e. The molecule has 0 fully saturated rings. The summed E-state index contributed by atoms with van der Waals surface area (Å²) in [6.07, 6.45) is 0. The van der Waals surface area contributed by atoms with Crippen molar-refractivity contribution in [3.8, 4) is 11.5 Å². The number of carbonyl (C=O) groups is 1. The Hall–Kier alpha value is -4.06. The van der Waals surface area contributed by atoms with E-state index in [0.717, 1.165) is 16.7 Å². The van der Waals surface area contributed by atoms with Crippen molar-refractivity contribution < 1.29 is 19.1 Å². The fourth-order valence-electron chi connectivity index (χ4n) is 4.54. The maximum atomic E-state index is 13.8. The standard InChI is InChI=1S/C28H25NO5/c1-4-33-23-14-19(10-11-21(23)30)25-24-26(31)20-12-16(2)17(3)13-22(20)34-27(24)28(32)29(25)15-18-8-6-5-7-9-18/h5-14,25,30H,4,15H2,1-3H3. The molecule has 1 unspecified atom stereocenters. The van der Waals surface area contributed by atoms with Crippen molar-refractivity contribution in [2.45, 2.75) is 33.4 Å². The van der Waals surface area contributed by atoms with E-state index < -0.39 is 6.04 Å². The highest BCUT2D eigenvalue weighted by Gasteiger charge is 2.43. The molecule has 1 N–H and O–H groups in total. The number of amides is 1. The average Bonchev–Trinajstić information content (AvgIpc) is 3.09. The molecule has 0 aliphatic carbocycles. The number of nitrogens with zero attached hydrogens (tertiary/aromatic N) is 1. The first-order valence-electron chi connectivity index (χ1n) is 11.3. The summed E-state index contributed by atoms with van der Waals surface area (Å²) in [5.41, 5.74) is 4.05. The van der Waals surface area contributed by atoms with Crippen LogP contribution in [0.5, 0.6) is 11.5 Å². The van der Waals surface area contributed by atoms with Gasteiger partial charge in [0.25, 0.3) is 5.91 Å². The van der Waals surface area contributed by atoms with Crippen molar-refractivity contribution in [1.82, 2.24) is 4.90 Å². The van der Waals surface area contributed by atoms with Crippen molar-refractivity contribution in [2.24, 2.45) is 0 Å². The van der Waals surface area contributed by atoms with E-state index in [9.17, 15) is 14.7 Å². The van der Waals surface area contributed by atoms with Crippen molar-refractivity contribution >= 4 is 16.9 Å². The van der Waals surface area contributed by atoms with E-state index >= 15 is 0 Å². The predicted molar refractivity (Wildman–Crippen MR) is 129 cm³/mol. The number of fused-ring (bicyclic) bond motifs is 2. The summed E-state index contributed by atoms with van der Waals surface area (Å²) < 4.78 is 11.7. The third-order valence-corrected chi connectivity index (χ3v) is 6.38. The molecule has 0 bridgehead atoms. The number of hydrogen-bond acceptors (Lipinski definition) is 5. The van der Waals surface area contributed by atoms with Crippen LogP contribution in [0.4, 0.5) is 0 Å². The summed E-state index contributed by atoms with van der Waals surface area (Å²) in [5.74, 6) is 0.0263. The Kier molecular flexibility index (Phi) is 5.36. The van der Waals surface area contributed by atoms with Gasteiger partial charge in [-0.1, -0.05) is 36.4 Å². The first-order valence-corrected chi connectivity index (χ1v) is 11.3. The van der Waals surface area contributed by atoms with Gasteiger partial charge >= 0.3 is 0 Å². The largest absolute Gasteiger partial charge is 0.504 e. The molecule has 172 valence electrons. The molecule has 5 rings (SSSR count). The van der Waals surface area contributed by atoms with E-state index in [0.29, 0.717) is 41.0 Å². The van der Waals surface area contributed by atoms with E-state index in [1.165, 1.54) is 6.07 Å². The van der Waals surface area contributed by atoms with E-state index in [4.69, 9.17) is 9.15 Å². The number of rotatable bonds is 5. The zero-order valence-corrected chi connectivity index (χ0v) is 19.3. The number of carbonyl (C=O) groups excluding carboxylic acids is 1. The number of phenols is 1. The molecule has 34 heavy (non-hydrogen) atoms. The lowest BCUT2D eigenvalue weighted by Gasteiger charge is -2.25. The Morgan fingerprint density at radius 1 is 1.00 bits per heavy atom. The molecule has 3 aromatic carbocycles. The predicted octanol–water partition coefficient (Wildman–Crippen LogP) is 5.26. The van der Waals surface area contributed by atoms with Gasteiger partial charge in [0.2, 0.25) is 5.76 Å². The molecule has 0 saturated heterocycles. The molecule has 1 amide bonds. The van der Waals surface area contributed by atoms with E-state index in [-0.39, 0.29) is 22.8 Å². The molecular formula is C28H25NO5. The summed E-state index contributed by atoms with van der Waals surface area (Å²) in [6.45, 7) is 6.39. The van der Waals surface area contributed by atoms with Crippen molar-refractivity contribution in [3.05, 3.63) is 104 Å². The van der Waals surface area contributed by atoms with Crippen LogP contribution in [0.2, 0.25) is 0 Å². The Morgan fingerprint density at radius 2 is 1.74 bits per heavy atom. The van der Waals surface area contributed by atoms with E-state index in [1.807, 2.05) is 63.2 Å². The highest BCUT2D eigenvalue weighted by atomic mass is 16.5. The molecule has 1 atom stereocenters. The lowest BCUT2D eigenvalue weighted by atomic mass is 9.97. The van der Waals surface area contributed by atoms with Crippen LogP contribution in [0.3, 0.4) is 0 Å². The topological polar surface area (TPSA) is 80.0 Å². The Labute approximate surface area is 197 Å². The highest BCUT2D eigenvalue weighted by Crippen LogP contribution is 2.41. The highest BCUT2D eigenvalue weighted by molar-refractivity contribution is 5.99. The van der Waals surface area contributed by atoms with E-state index in [2.05, 4.69) is 0 Å². The zero-order chi connectivity index (χ0) is 24.0. The van der Waals surface area contributed by atoms with Crippen LogP contribution in [0.25, 0.3) is 11.0 Å². The Morgan fingerprint density at radius 3 is 2.47 bits per heavy atom. The van der Waals surface area contributed by atoms with Crippen LogP contribution in [0, 0.1) is 13.8 Å². The molecule has 0 radical (unpaired) electrons. The second-order valence-electron chi connectivity index (χ2n) is 8.59. The lowest BCUT2D eigenvalue weighted by Crippen LogP contribution is -2.29. The summed E-state index contributed by atoms with van der Waals surface area (Å²) in [4.78, 5) is 29.0. The van der Waals surface area contributed by atoms with Crippen LogP contribution < -0.4 is 10.2 Å². The number of ether oxygens (including phenoxy) is 1. The molecule has 1 aliphatic rings. The van der Waals surface area contributed by atoms with Gasteiger partial charge in [0.15, 0.2) is 16.9 Å². The van der Waals surface area contributed by atoms with Gasteiger partial charge in [-0.05, 0) is 67.3 Å². The zero-order valence-electron chi connectivity index (χ0n) is 19.3. The first kappa shape index (κ1) is 21.8. The number of aryl methyl sites for hydroxylation is 2. The third kappa shape index (κ3) is 3.52.